The molecule has 0 aromatic rings. The summed E-state index contributed by atoms with van der Waals surface area (Å²) >= 11 is 0. The Bertz CT molecular complexity index is 225. The monoisotopic (exact) mass is 212 g/mol. The predicted molar refractivity (Wildman–Crippen MR) is 56.6 cm³/mol. The van der Waals surface area contributed by atoms with Crippen LogP contribution < -0.4 is 0 Å². The quantitative estimate of drug-likeness (QED) is 0.774. The van der Waals surface area contributed by atoms with Crippen molar-refractivity contribution in [3.63, 3.8) is 0 Å². The summed E-state index contributed by atoms with van der Waals surface area (Å²) in [6.07, 6.45) is 5.85. The lowest BCUT2D eigenvalue weighted by atomic mass is 9.86. The van der Waals surface area contributed by atoms with Crippen LogP contribution in [0.3, 0.4) is 0 Å². The van der Waals surface area contributed by atoms with E-state index in [0.29, 0.717) is 25.2 Å². The number of Topliss-reactive ketones (excluding diaryl/α,β-unsaturated/α-hetero) is 1. The molecule has 1 aliphatic carbocycles. The summed E-state index contributed by atoms with van der Waals surface area (Å²) in [7, 11) is 0. The molecule has 1 saturated carbocycles. The van der Waals surface area contributed by atoms with Crippen molar-refractivity contribution in [2.24, 2.45) is 5.92 Å². The molecule has 86 valence electrons. The molecule has 3 heteroatoms. The number of aliphatic hydroxyl groups is 1. The van der Waals surface area contributed by atoms with E-state index in [1.807, 2.05) is 0 Å². The lowest BCUT2D eigenvalue weighted by molar-refractivity contribution is -0.138. The van der Waals surface area contributed by atoms with Crippen LogP contribution in [0.15, 0.2) is 0 Å². The smallest absolute Gasteiger partial charge is 0.164 e. The van der Waals surface area contributed by atoms with Crippen LogP contribution in [0.1, 0.15) is 44.9 Å². The molecule has 0 radical (unpaired) electrons. The van der Waals surface area contributed by atoms with Crippen LogP contribution >= 0.6 is 0 Å². The minimum atomic E-state index is -0.974. The zero-order chi connectivity index (χ0) is 10.7. The van der Waals surface area contributed by atoms with E-state index in [2.05, 4.69) is 0 Å². The molecule has 1 saturated heterocycles. The summed E-state index contributed by atoms with van der Waals surface area (Å²) in [6, 6.07) is 0. The molecule has 1 heterocycles. The van der Waals surface area contributed by atoms with Gasteiger partial charge < -0.3 is 9.84 Å². The third-order valence-electron chi connectivity index (χ3n) is 3.76. The number of carbonyl (C=O) groups is 1. The molecule has 2 aliphatic rings. The number of carbonyl (C=O) groups excluding carboxylic acids is 1. The summed E-state index contributed by atoms with van der Waals surface area (Å²) in [5.41, 5.74) is -0.974. The lowest BCUT2D eigenvalue weighted by Gasteiger charge is -2.26. The van der Waals surface area contributed by atoms with Crippen molar-refractivity contribution in [1.82, 2.24) is 0 Å². The zero-order valence-corrected chi connectivity index (χ0v) is 9.21. The van der Waals surface area contributed by atoms with Crippen molar-refractivity contribution in [2.45, 2.75) is 50.5 Å². The van der Waals surface area contributed by atoms with Crippen molar-refractivity contribution in [3.05, 3.63) is 0 Å². The fourth-order valence-corrected chi connectivity index (χ4v) is 2.64. The first kappa shape index (κ1) is 11.1. The van der Waals surface area contributed by atoms with Gasteiger partial charge in [0.25, 0.3) is 0 Å². The standard InChI is InChI=1S/C12H20O3/c13-11(12(14)5-1-2-6-12)9-10-3-7-15-8-4-10/h10,14H,1-9H2. The van der Waals surface area contributed by atoms with Gasteiger partial charge in [-0.1, -0.05) is 0 Å². The number of rotatable bonds is 3. The van der Waals surface area contributed by atoms with Crippen LogP contribution in [0.25, 0.3) is 0 Å². The summed E-state index contributed by atoms with van der Waals surface area (Å²) in [6.45, 7) is 1.55. The molecule has 3 nitrogen and oxygen atoms in total. The van der Waals surface area contributed by atoms with Gasteiger partial charge in [-0.25, -0.2) is 0 Å². The minimum Gasteiger partial charge on any atom is -0.382 e. The Morgan fingerprint density at radius 3 is 2.47 bits per heavy atom. The topological polar surface area (TPSA) is 46.5 Å². The summed E-state index contributed by atoms with van der Waals surface area (Å²) in [5.74, 6) is 0.516. The second-order valence-electron chi connectivity index (χ2n) is 4.92. The second kappa shape index (κ2) is 4.62. The molecule has 2 fully saturated rings. The van der Waals surface area contributed by atoms with Crippen molar-refractivity contribution in [2.75, 3.05) is 13.2 Å². The number of hydrogen-bond acceptors (Lipinski definition) is 3. The highest BCUT2D eigenvalue weighted by atomic mass is 16.5. The maximum absolute atomic E-state index is 11.9. The van der Waals surface area contributed by atoms with E-state index in [-0.39, 0.29) is 5.78 Å². The molecule has 15 heavy (non-hydrogen) atoms. The van der Waals surface area contributed by atoms with Crippen molar-refractivity contribution < 1.29 is 14.6 Å². The van der Waals surface area contributed by atoms with E-state index in [1.54, 1.807) is 0 Å². The summed E-state index contributed by atoms with van der Waals surface area (Å²) in [4.78, 5) is 11.9. The largest absolute Gasteiger partial charge is 0.382 e. The fourth-order valence-electron chi connectivity index (χ4n) is 2.64. The first-order chi connectivity index (χ1) is 7.21. The van der Waals surface area contributed by atoms with Crippen molar-refractivity contribution in [3.8, 4) is 0 Å². The van der Waals surface area contributed by atoms with Gasteiger partial charge in [-0.3, -0.25) is 4.79 Å². The van der Waals surface area contributed by atoms with Crippen molar-refractivity contribution in [1.29, 1.82) is 0 Å². The van der Waals surface area contributed by atoms with Gasteiger partial charge in [0, 0.05) is 19.6 Å². The molecular formula is C12H20O3. The first-order valence-electron chi connectivity index (χ1n) is 6.04. The first-order valence-corrected chi connectivity index (χ1v) is 6.04. The Morgan fingerprint density at radius 2 is 1.87 bits per heavy atom. The predicted octanol–water partition coefficient (Wildman–Crippen LogP) is 1.68. The van der Waals surface area contributed by atoms with Gasteiger partial charge in [0.1, 0.15) is 5.60 Å². The van der Waals surface area contributed by atoms with Gasteiger partial charge in [0.05, 0.1) is 0 Å². The van der Waals surface area contributed by atoms with Crippen LogP contribution in [-0.2, 0) is 9.53 Å². The van der Waals surface area contributed by atoms with Gasteiger partial charge in [0.2, 0.25) is 0 Å². The van der Waals surface area contributed by atoms with E-state index >= 15 is 0 Å². The third kappa shape index (κ3) is 2.58. The van der Waals surface area contributed by atoms with E-state index in [0.717, 1.165) is 38.9 Å². The van der Waals surface area contributed by atoms with Gasteiger partial charge in [-0.05, 0) is 44.4 Å². The SMILES string of the molecule is O=C(CC1CCOCC1)C1(O)CCCC1. The van der Waals surface area contributed by atoms with E-state index in [4.69, 9.17) is 4.74 Å². The van der Waals surface area contributed by atoms with Gasteiger partial charge in [-0.2, -0.15) is 0 Å². The maximum atomic E-state index is 11.9. The number of ether oxygens (including phenoxy) is 1. The highest BCUT2D eigenvalue weighted by Crippen LogP contribution is 2.33. The Labute approximate surface area is 90.8 Å². The molecule has 2 rings (SSSR count). The molecule has 1 aliphatic heterocycles. The number of hydrogen-bond donors (Lipinski definition) is 1. The van der Waals surface area contributed by atoms with Gasteiger partial charge in [0.15, 0.2) is 5.78 Å². The molecule has 1 N–H and O–H groups in total. The Kier molecular flexibility index (Phi) is 3.42. The Hall–Kier alpha value is -0.410. The molecule has 0 aromatic carbocycles. The molecule has 0 unspecified atom stereocenters. The highest BCUT2D eigenvalue weighted by molar-refractivity contribution is 5.87. The maximum Gasteiger partial charge on any atom is 0.164 e. The molecule has 0 bridgehead atoms. The van der Waals surface area contributed by atoms with Crippen LogP contribution in [0, 0.1) is 5.92 Å². The summed E-state index contributed by atoms with van der Waals surface area (Å²) < 4.78 is 5.26. The van der Waals surface area contributed by atoms with Crippen molar-refractivity contribution >= 4 is 5.78 Å². The third-order valence-corrected chi connectivity index (χ3v) is 3.76. The minimum absolute atomic E-state index is 0.0758. The lowest BCUT2D eigenvalue weighted by Crippen LogP contribution is -2.37. The molecule has 0 amide bonds. The van der Waals surface area contributed by atoms with Crippen LogP contribution in [0.5, 0.6) is 0 Å². The average Bonchev–Trinajstić information content (AvgIpc) is 2.68. The number of ketones is 1. The second-order valence-corrected chi connectivity index (χ2v) is 4.92. The molecule has 0 aromatic heterocycles. The Morgan fingerprint density at radius 1 is 1.27 bits per heavy atom. The molecular weight excluding hydrogens is 192 g/mol. The molecule has 0 atom stereocenters. The average molecular weight is 212 g/mol. The van der Waals surface area contributed by atoms with Crippen LogP contribution in [-0.4, -0.2) is 29.7 Å². The van der Waals surface area contributed by atoms with Crippen LogP contribution in [0.2, 0.25) is 0 Å². The van der Waals surface area contributed by atoms with E-state index in [1.165, 1.54) is 0 Å². The van der Waals surface area contributed by atoms with Gasteiger partial charge in [-0.15, -0.1) is 0 Å². The van der Waals surface area contributed by atoms with E-state index < -0.39 is 5.60 Å². The van der Waals surface area contributed by atoms with E-state index in [9.17, 15) is 9.90 Å². The fraction of sp³-hybridized carbons (Fsp3) is 0.917. The zero-order valence-electron chi connectivity index (χ0n) is 9.21. The normalized spacial score (nSPS) is 26.7. The van der Waals surface area contributed by atoms with Crippen LogP contribution in [0.4, 0.5) is 0 Å². The summed E-state index contributed by atoms with van der Waals surface area (Å²) in [5, 5.41) is 10.1. The molecule has 0 spiro atoms. The van der Waals surface area contributed by atoms with Gasteiger partial charge >= 0.3 is 0 Å². The highest BCUT2D eigenvalue weighted by Gasteiger charge is 2.39. The Balaban J connectivity index is 1.85.